The fourth-order valence-corrected chi connectivity index (χ4v) is 2.79. The molecule has 1 aliphatic rings. The smallest absolute Gasteiger partial charge is 0.409 e. The second kappa shape index (κ2) is 13.9. The van der Waals surface area contributed by atoms with Crippen LogP contribution in [-0.2, 0) is 9.47 Å². The summed E-state index contributed by atoms with van der Waals surface area (Å²) in [4.78, 5) is 13.7. The molecule has 5 nitrogen and oxygen atoms in total. The van der Waals surface area contributed by atoms with Gasteiger partial charge in [-0.3, -0.25) is 5.32 Å². The lowest BCUT2D eigenvalue weighted by atomic mass is 9.97. The van der Waals surface area contributed by atoms with E-state index in [2.05, 4.69) is 12.2 Å². The number of alkyl halides is 1. The molecular formula is C17H33ClN2O3. The van der Waals surface area contributed by atoms with Crippen LogP contribution in [0.1, 0.15) is 51.9 Å². The summed E-state index contributed by atoms with van der Waals surface area (Å²) in [5.41, 5.74) is 0. The zero-order valence-corrected chi connectivity index (χ0v) is 15.3. The highest BCUT2D eigenvalue weighted by atomic mass is 35.5. The number of nitrogens with one attached hydrogen (secondary N) is 1. The maximum atomic E-state index is 11.8. The third-order valence-electron chi connectivity index (χ3n) is 4.16. The van der Waals surface area contributed by atoms with Crippen LogP contribution in [0.2, 0.25) is 0 Å². The van der Waals surface area contributed by atoms with Gasteiger partial charge in [0.15, 0.2) is 0 Å². The molecule has 0 aromatic heterocycles. The molecular weight excluding hydrogens is 316 g/mol. The van der Waals surface area contributed by atoms with Gasteiger partial charge in [0, 0.05) is 32.1 Å². The molecule has 0 radical (unpaired) electrons. The van der Waals surface area contributed by atoms with Crippen LogP contribution in [0.3, 0.4) is 0 Å². The molecule has 0 saturated carbocycles. The van der Waals surface area contributed by atoms with Gasteiger partial charge in [-0.05, 0) is 44.4 Å². The van der Waals surface area contributed by atoms with Gasteiger partial charge in [-0.1, -0.05) is 13.3 Å². The minimum atomic E-state index is -0.148. The van der Waals surface area contributed by atoms with Crippen LogP contribution >= 0.6 is 11.6 Å². The standard InChI is InChI=1S/C17H33ClN2O3/c1-2-3-13-23-17(21)20-10-7-16(8-11-20)14-19-15-22-12-6-4-5-9-18/h16,19H,2-15H2,1H3. The predicted octanol–water partition coefficient (Wildman–Crippen LogP) is 3.61. The van der Waals surface area contributed by atoms with Crippen molar-refractivity contribution < 1.29 is 14.3 Å². The van der Waals surface area contributed by atoms with Gasteiger partial charge in [-0.2, -0.15) is 0 Å². The Morgan fingerprint density at radius 2 is 1.96 bits per heavy atom. The number of unbranched alkanes of at least 4 members (excludes halogenated alkanes) is 3. The number of piperidine rings is 1. The molecule has 0 aromatic rings. The number of hydrogen-bond donors (Lipinski definition) is 1. The minimum Gasteiger partial charge on any atom is -0.449 e. The van der Waals surface area contributed by atoms with Gasteiger partial charge in [0.05, 0.1) is 13.3 Å². The molecule has 1 amide bonds. The average molecular weight is 349 g/mol. The Morgan fingerprint density at radius 1 is 1.17 bits per heavy atom. The highest BCUT2D eigenvalue weighted by Crippen LogP contribution is 2.17. The third-order valence-corrected chi connectivity index (χ3v) is 4.42. The van der Waals surface area contributed by atoms with E-state index in [0.717, 1.165) is 77.1 Å². The Labute approximate surface area is 146 Å². The fraction of sp³-hybridized carbons (Fsp3) is 0.941. The van der Waals surface area contributed by atoms with Crippen molar-refractivity contribution in [1.82, 2.24) is 10.2 Å². The van der Waals surface area contributed by atoms with Crippen LogP contribution in [0.4, 0.5) is 4.79 Å². The van der Waals surface area contributed by atoms with E-state index in [4.69, 9.17) is 21.1 Å². The van der Waals surface area contributed by atoms with E-state index >= 15 is 0 Å². The monoisotopic (exact) mass is 348 g/mol. The zero-order chi connectivity index (χ0) is 16.8. The van der Waals surface area contributed by atoms with E-state index in [9.17, 15) is 4.79 Å². The normalized spacial score (nSPS) is 15.8. The quantitative estimate of drug-likeness (QED) is 0.332. The first kappa shape index (κ1) is 20.5. The summed E-state index contributed by atoms with van der Waals surface area (Å²) < 4.78 is 10.8. The first-order chi connectivity index (χ1) is 11.3. The molecule has 6 heteroatoms. The van der Waals surface area contributed by atoms with Crippen molar-refractivity contribution in [3.05, 3.63) is 0 Å². The molecule has 0 bridgehead atoms. The SMILES string of the molecule is CCCCOC(=O)N1CCC(CNCOCCCCCCl)CC1. The van der Waals surface area contributed by atoms with Gasteiger partial charge in [0.2, 0.25) is 0 Å². The van der Waals surface area contributed by atoms with E-state index < -0.39 is 0 Å². The van der Waals surface area contributed by atoms with Crippen molar-refractivity contribution >= 4 is 17.7 Å². The van der Waals surface area contributed by atoms with Gasteiger partial charge in [0.25, 0.3) is 0 Å². The molecule has 23 heavy (non-hydrogen) atoms. The summed E-state index contributed by atoms with van der Waals surface area (Å²) in [5.74, 6) is 1.36. The second-order valence-electron chi connectivity index (χ2n) is 6.15. The lowest BCUT2D eigenvalue weighted by molar-refractivity contribution is 0.0815. The van der Waals surface area contributed by atoms with Crippen LogP contribution in [0.15, 0.2) is 0 Å². The van der Waals surface area contributed by atoms with Gasteiger partial charge in [0.1, 0.15) is 0 Å². The largest absolute Gasteiger partial charge is 0.449 e. The number of carbonyl (C=O) groups is 1. The fourth-order valence-electron chi connectivity index (χ4n) is 2.60. The van der Waals surface area contributed by atoms with Crippen LogP contribution in [0.5, 0.6) is 0 Å². The van der Waals surface area contributed by atoms with Gasteiger partial charge in [-0.15, -0.1) is 11.6 Å². The second-order valence-corrected chi connectivity index (χ2v) is 6.53. The minimum absolute atomic E-state index is 0.148. The van der Waals surface area contributed by atoms with Crippen molar-refractivity contribution in [3.63, 3.8) is 0 Å². The highest BCUT2D eigenvalue weighted by molar-refractivity contribution is 6.17. The van der Waals surface area contributed by atoms with E-state index in [1.165, 1.54) is 0 Å². The molecule has 1 aliphatic heterocycles. The number of hydrogen-bond acceptors (Lipinski definition) is 4. The Hall–Kier alpha value is -0.520. The van der Waals surface area contributed by atoms with E-state index in [0.29, 0.717) is 19.3 Å². The lowest BCUT2D eigenvalue weighted by Crippen LogP contribution is -2.41. The van der Waals surface area contributed by atoms with Crippen molar-refractivity contribution in [2.24, 2.45) is 5.92 Å². The Balaban J connectivity index is 1.96. The summed E-state index contributed by atoms with van der Waals surface area (Å²) >= 11 is 5.63. The number of carbonyl (C=O) groups excluding carboxylic acids is 1. The highest BCUT2D eigenvalue weighted by Gasteiger charge is 2.23. The van der Waals surface area contributed by atoms with E-state index in [-0.39, 0.29) is 6.09 Å². The van der Waals surface area contributed by atoms with Gasteiger partial charge in [-0.25, -0.2) is 4.79 Å². The molecule has 1 heterocycles. The van der Waals surface area contributed by atoms with Crippen LogP contribution in [-0.4, -0.2) is 56.5 Å². The van der Waals surface area contributed by atoms with Gasteiger partial charge < -0.3 is 14.4 Å². The third kappa shape index (κ3) is 10.0. The lowest BCUT2D eigenvalue weighted by Gasteiger charge is -2.31. The number of ether oxygens (including phenoxy) is 2. The van der Waals surface area contributed by atoms with Gasteiger partial charge >= 0.3 is 6.09 Å². The number of amides is 1. The molecule has 1 N–H and O–H groups in total. The number of nitrogens with zero attached hydrogens (tertiary/aromatic N) is 1. The molecule has 1 saturated heterocycles. The Kier molecular flexibility index (Phi) is 12.4. The van der Waals surface area contributed by atoms with Crippen molar-refractivity contribution in [1.29, 1.82) is 0 Å². The topological polar surface area (TPSA) is 50.8 Å². The van der Waals surface area contributed by atoms with Crippen LogP contribution in [0.25, 0.3) is 0 Å². The van der Waals surface area contributed by atoms with Crippen LogP contribution < -0.4 is 5.32 Å². The molecule has 0 aliphatic carbocycles. The molecule has 136 valence electrons. The van der Waals surface area contributed by atoms with Crippen molar-refractivity contribution in [3.8, 4) is 0 Å². The molecule has 0 aromatic carbocycles. The van der Waals surface area contributed by atoms with Crippen molar-refractivity contribution in [2.75, 3.05) is 45.5 Å². The maximum Gasteiger partial charge on any atom is 0.409 e. The van der Waals surface area contributed by atoms with E-state index in [1.807, 2.05) is 4.90 Å². The first-order valence-corrected chi connectivity index (χ1v) is 9.57. The first-order valence-electron chi connectivity index (χ1n) is 9.04. The molecule has 0 atom stereocenters. The maximum absolute atomic E-state index is 11.8. The summed E-state index contributed by atoms with van der Waals surface area (Å²) in [6, 6.07) is 0. The predicted molar refractivity (Wildman–Crippen MR) is 93.9 cm³/mol. The Morgan fingerprint density at radius 3 is 2.65 bits per heavy atom. The summed E-state index contributed by atoms with van der Waals surface area (Å²) in [5, 5.41) is 3.35. The van der Waals surface area contributed by atoms with Crippen LogP contribution in [0, 0.1) is 5.92 Å². The molecule has 1 fully saturated rings. The summed E-state index contributed by atoms with van der Waals surface area (Å²) in [6.07, 6.45) is 7.19. The summed E-state index contributed by atoms with van der Waals surface area (Å²) in [7, 11) is 0. The average Bonchev–Trinajstić information content (AvgIpc) is 2.58. The number of rotatable bonds is 12. The number of likely N-dealkylation sites (tertiary alicyclic amines) is 1. The Bertz CT molecular complexity index is 298. The molecule has 1 rings (SSSR count). The number of halogens is 1. The summed E-state index contributed by atoms with van der Waals surface area (Å²) in [6.45, 7) is 6.61. The zero-order valence-electron chi connectivity index (χ0n) is 14.5. The van der Waals surface area contributed by atoms with Crippen molar-refractivity contribution in [2.45, 2.75) is 51.9 Å². The molecule has 0 unspecified atom stereocenters. The van der Waals surface area contributed by atoms with E-state index in [1.54, 1.807) is 0 Å². The molecule has 0 spiro atoms.